The van der Waals surface area contributed by atoms with Gasteiger partial charge in [0.2, 0.25) is 0 Å². The molecule has 0 radical (unpaired) electrons. The smallest absolute Gasteiger partial charge is 0.324 e. The highest BCUT2D eigenvalue weighted by atomic mass is 35.5. The zero-order chi connectivity index (χ0) is 15.5. The fraction of sp³-hybridized carbons (Fsp3) is 0.300. The largest absolute Gasteiger partial charge is 0.346 e. The summed E-state index contributed by atoms with van der Waals surface area (Å²) in [7, 11) is 0. The predicted molar refractivity (Wildman–Crippen MR) is 61.4 cm³/mol. The van der Waals surface area contributed by atoms with Gasteiger partial charge in [-0.15, -0.1) is 0 Å². The molecule has 1 amide bonds. The van der Waals surface area contributed by atoms with Gasteiger partial charge in [-0.2, -0.15) is 8.78 Å². The molecule has 10 heteroatoms. The second-order valence-electron chi connectivity index (χ2n) is 3.67. The summed E-state index contributed by atoms with van der Waals surface area (Å²) in [5.74, 6) is -5.61. The van der Waals surface area contributed by atoms with Crippen LogP contribution in [0.3, 0.4) is 0 Å². The van der Waals surface area contributed by atoms with Crippen molar-refractivity contribution in [2.75, 3.05) is 6.54 Å². The Kier molecular flexibility index (Phi) is 4.88. The van der Waals surface area contributed by atoms with E-state index >= 15 is 0 Å². The summed E-state index contributed by atoms with van der Waals surface area (Å²) in [6, 6.07) is 2.80. The Labute approximate surface area is 114 Å². The number of carbonyl (C=O) groups excluding carboxylic acids is 1. The van der Waals surface area contributed by atoms with Gasteiger partial charge in [0.25, 0.3) is 11.6 Å². The van der Waals surface area contributed by atoms with Gasteiger partial charge in [0, 0.05) is 12.1 Å². The molecule has 0 atom stereocenters. The van der Waals surface area contributed by atoms with Crippen LogP contribution in [0.15, 0.2) is 18.2 Å². The van der Waals surface area contributed by atoms with Gasteiger partial charge in [0.15, 0.2) is 0 Å². The van der Waals surface area contributed by atoms with Crippen LogP contribution in [0.4, 0.5) is 23.2 Å². The molecule has 0 saturated carbocycles. The number of rotatable bonds is 5. The third-order valence-electron chi connectivity index (χ3n) is 2.21. The van der Waals surface area contributed by atoms with Crippen LogP contribution in [0.2, 0.25) is 5.02 Å². The Morgan fingerprint density at radius 1 is 1.45 bits per heavy atom. The maximum atomic E-state index is 12.6. The molecule has 0 aliphatic rings. The third kappa shape index (κ3) is 3.80. The lowest BCUT2D eigenvalue weighted by molar-refractivity contribution is -0.384. The lowest BCUT2D eigenvalue weighted by atomic mass is 10.2. The molecule has 0 aliphatic carbocycles. The number of hydrogen-bond donors (Lipinski definition) is 1. The van der Waals surface area contributed by atoms with Gasteiger partial charge < -0.3 is 5.32 Å². The number of carbonyl (C=O) groups is 1. The minimum Gasteiger partial charge on any atom is -0.346 e. The van der Waals surface area contributed by atoms with E-state index in [9.17, 15) is 32.5 Å². The van der Waals surface area contributed by atoms with Crippen molar-refractivity contribution in [3.63, 3.8) is 0 Å². The Hall–Kier alpha value is -1.90. The minimum absolute atomic E-state index is 0.228. The van der Waals surface area contributed by atoms with E-state index in [0.29, 0.717) is 0 Å². The molecule has 0 bridgehead atoms. The molecule has 1 aromatic rings. The van der Waals surface area contributed by atoms with Crippen LogP contribution < -0.4 is 5.32 Å². The molecule has 0 aromatic heterocycles. The fourth-order valence-corrected chi connectivity index (χ4v) is 1.37. The maximum absolute atomic E-state index is 12.6. The second-order valence-corrected chi connectivity index (χ2v) is 4.07. The highest BCUT2D eigenvalue weighted by molar-refractivity contribution is 6.33. The van der Waals surface area contributed by atoms with E-state index in [4.69, 9.17) is 11.6 Å². The predicted octanol–water partition coefficient (Wildman–Crippen LogP) is 2.88. The number of nitro benzene ring substituents is 1. The Bertz CT molecular complexity index is 539. The van der Waals surface area contributed by atoms with E-state index in [2.05, 4.69) is 0 Å². The maximum Gasteiger partial charge on any atom is 0.324 e. The van der Waals surface area contributed by atoms with Crippen molar-refractivity contribution in [2.45, 2.75) is 12.3 Å². The van der Waals surface area contributed by atoms with Crippen molar-refractivity contribution in [2.24, 2.45) is 0 Å². The van der Waals surface area contributed by atoms with Crippen molar-refractivity contribution < 1.29 is 27.3 Å². The van der Waals surface area contributed by atoms with Gasteiger partial charge in [-0.25, -0.2) is 8.78 Å². The minimum atomic E-state index is -4.40. The Balaban J connectivity index is 2.88. The monoisotopic (exact) mass is 314 g/mol. The first kappa shape index (κ1) is 16.2. The summed E-state index contributed by atoms with van der Waals surface area (Å²) in [6.45, 7) is -1.61. The standard InChI is InChI=1S/C10H7ClF4N2O3/c11-7-2-1-5(17(19)20)3-6(7)8(18)16-4-10(14,15)9(12)13/h1-3,9H,4H2,(H,16,18). The van der Waals surface area contributed by atoms with E-state index in [1.807, 2.05) is 0 Å². The molecule has 0 aliphatic heterocycles. The Morgan fingerprint density at radius 2 is 2.05 bits per heavy atom. The van der Waals surface area contributed by atoms with E-state index in [-0.39, 0.29) is 5.02 Å². The lowest BCUT2D eigenvalue weighted by Gasteiger charge is -2.15. The average Bonchev–Trinajstić information content (AvgIpc) is 2.36. The first-order chi connectivity index (χ1) is 9.15. The fourth-order valence-electron chi connectivity index (χ4n) is 1.17. The van der Waals surface area contributed by atoms with Crippen molar-refractivity contribution in [3.05, 3.63) is 38.9 Å². The van der Waals surface area contributed by atoms with Crippen molar-refractivity contribution >= 4 is 23.2 Å². The highest BCUT2D eigenvalue weighted by Gasteiger charge is 2.41. The van der Waals surface area contributed by atoms with Crippen LogP contribution in [-0.4, -0.2) is 29.7 Å². The SMILES string of the molecule is O=C(NCC(F)(F)C(F)F)c1cc([N+](=O)[O-])ccc1Cl. The first-order valence-electron chi connectivity index (χ1n) is 5.03. The van der Waals surface area contributed by atoms with Crippen LogP contribution in [0.25, 0.3) is 0 Å². The number of alkyl halides is 4. The van der Waals surface area contributed by atoms with Gasteiger partial charge in [-0.1, -0.05) is 11.6 Å². The summed E-state index contributed by atoms with van der Waals surface area (Å²) in [4.78, 5) is 21.2. The number of benzene rings is 1. The molecular weight excluding hydrogens is 308 g/mol. The lowest BCUT2D eigenvalue weighted by Crippen LogP contribution is -2.41. The summed E-state index contributed by atoms with van der Waals surface area (Å²) in [5, 5.41) is 11.8. The molecule has 110 valence electrons. The number of nitrogens with zero attached hydrogens (tertiary/aromatic N) is 1. The number of nitrogens with one attached hydrogen (secondary N) is 1. The number of non-ortho nitro benzene ring substituents is 1. The molecule has 0 unspecified atom stereocenters. The van der Waals surface area contributed by atoms with Crippen LogP contribution in [-0.2, 0) is 0 Å². The van der Waals surface area contributed by atoms with E-state index in [0.717, 1.165) is 18.2 Å². The molecule has 20 heavy (non-hydrogen) atoms. The van der Waals surface area contributed by atoms with Crippen LogP contribution >= 0.6 is 11.6 Å². The molecule has 0 saturated heterocycles. The van der Waals surface area contributed by atoms with Crippen molar-refractivity contribution in [3.8, 4) is 0 Å². The summed E-state index contributed by atoms with van der Waals surface area (Å²) >= 11 is 5.59. The molecule has 1 rings (SSSR count). The second kappa shape index (κ2) is 6.04. The van der Waals surface area contributed by atoms with Crippen LogP contribution in [0.5, 0.6) is 0 Å². The topological polar surface area (TPSA) is 72.2 Å². The number of hydrogen-bond acceptors (Lipinski definition) is 3. The van der Waals surface area contributed by atoms with Crippen LogP contribution in [0, 0.1) is 10.1 Å². The average molecular weight is 315 g/mol. The molecule has 0 spiro atoms. The quantitative estimate of drug-likeness (QED) is 0.516. The zero-order valence-corrected chi connectivity index (χ0v) is 10.3. The van der Waals surface area contributed by atoms with E-state index in [1.54, 1.807) is 5.32 Å². The normalized spacial score (nSPS) is 11.5. The number of amides is 1. The van der Waals surface area contributed by atoms with Gasteiger partial charge in [-0.05, 0) is 6.07 Å². The summed E-state index contributed by atoms with van der Waals surface area (Å²) < 4.78 is 49.0. The summed E-state index contributed by atoms with van der Waals surface area (Å²) in [6.07, 6.45) is -3.94. The number of nitro groups is 1. The zero-order valence-electron chi connectivity index (χ0n) is 9.58. The first-order valence-corrected chi connectivity index (χ1v) is 5.41. The highest BCUT2D eigenvalue weighted by Crippen LogP contribution is 2.24. The van der Waals surface area contributed by atoms with E-state index in [1.165, 1.54) is 0 Å². The summed E-state index contributed by atoms with van der Waals surface area (Å²) in [5.41, 5.74) is -0.939. The molecule has 1 N–H and O–H groups in total. The Morgan fingerprint density at radius 3 is 2.55 bits per heavy atom. The van der Waals surface area contributed by atoms with Gasteiger partial charge in [0.05, 0.1) is 22.1 Å². The number of halogens is 5. The molecular formula is C10H7ClF4N2O3. The molecule has 5 nitrogen and oxygen atoms in total. The third-order valence-corrected chi connectivity index (χ3v) is 2.54. The van der Waals surface area contributed by atoms with Crippen LogP contribution in [0.1, 0.15) is 10.4 Å². The molecule has 0 fully saturated rings. The van der Waals surface area contributed by atoms with Gasteiger partial charge in [-0.3, -0.25) is 14.9 Å². The van der Waals surface area contributed by atoms with Gasteiger partial charge >= 0.3 is 12.3 Å². The molecule has 1 aromatic carbocycles. The molecule has 0 heterocycles. The van der Waals surface area contributed by atoms with E-state index < -0.39 is 41.0 Å². The van der Waals surface area contributed by atoms with Crippen molar-refractivity contribution in [1.82, 2.24) is 5.32 Å². The van der Waals surface area contributed by atoms with Gasteiger partial charge in [0.1, 0.15) is 0 Å². The van der Waals surface area contributed by atoms with Crippen molar-refractivity contribution in [1.29, 1.82) is 0 Å².